The van der Waals surface area contributed by atoms with Gasteiger partial charge in [-0.05, 0) is 50.3 Å². The van der Waals surface area contributed by atoms with E-state index < -0.39 is 0 Å². The van der Waals surface area contributed by atoms with E-state index in [-0.39, 0.29) is 24.0 Å². The minimum absolute atomic E-state index is 0.0207. The Morgan fingerprint density at radius 3 is 2.64 bits per heavy atom. The molecule has 3 N–H and O–H groups in total. The van der Waals surface area contributed by atoms with E-state index in [1.807, 2.05) is 38.1 Å². The number of aryl methyl sites for hydroxylation is 1. The second-order valence-electron chi connectivity index (χ2n) is 6.85. The van der Waals surface area contributed by atoms with Gasteiger partial charge in [-0.3, -0.25) is 4.79 Å². The highest BCUT2D eigenvalue weighted by Crippen LogP contribution is 2.20. The summed E-state index contributed by atoms with van der Waals surface area (Å²) in [6.07, 6.45) is 2.42. The van der Waals surface area contributed by atoms with Crippen molar-refractivity contribution >= 4 is 11.6 Å². The van der Waals surface area contributed by atoms with Crippen LogP contribution < -0.4 is 10.6 Å². The first kappa shape index (κ1) is 18.7. The lowest BCUT2D eigenvalue weighted by Crippen LogP contribution is -2.32. The molecule has 124 valence electrons. The average molecular weight is 306 g/mol. The van der Waals surface area contributed by atoms with Crippen molar-refractivity contribution in [3.8, 4) is 0 Å². The smallest absolute Gasteiger partial charge is 0.225 e. The summed E-state index contributed by atoms with van der Waals surface area (Å²) in [6.45, 7) is 9.20. The van der Waals surface area contributed by atoms with E-state index in [2.05, 4.69) is 24.5 Å². The fraction of sp³-hybridized carbons (Fsp3) is 0.611. The molecule has 1 atom stereocenters. The highest BCUT2D eigenvalue weighted by molar-refractivity contribution is 5.91. The fourth-order valence-electron chi connectivity index (χ4n) is 2.26. The first-order chi connectivity index (χ1) is 10.3. The van der Waals surface area contributed by atoms with Crippen LogP contribution in [0.15, 0.2) is 24.3 Å². The van der Waals surface area contributed by atoms with E-state index in [0.29, 0.717) is 6.42 Å². The molecule has 0 aliphatic carbocycles. The zero-order chi connectivity index (χ0) is 16.6. The lowest BCUT2D eigenvalue weighted by Gasteiger charge is -2.22. The third-order valence-electron chi connectivity index (χ3n) is 3.86. The number of carbonyl (C=O) groups excluding carboxylic acids is 1. The molecular formula is C18H30N2O2. The quantitative estimate of drug-likeness (QED) is 0.614. The number of benzene rings is 1. The van der Waals surface area contributed by atoms with Gasteiger partial charge in [0.05, 0.1) is 0 Å². The van der Waals surface area contributed by atoms with Gasteiger partial charge in [0.15, 0.2) is 0 Å². The standard InChI is InChI=1S/C18H30N2O2/c1-14-8-5-6-9-16(14)20-17(22)12-15(2)19-11-7-10-18(3,4)13-21/h5-6,8-9,15,19,21H,7,10-13H2,1-4H3,(H,20,22). The Morgan fingerprint density at radius 2 is 2.00 bits per heavy atom. The molecule has 0 heterocycles. The third kappa shape index (κ3) is 7.05. The number of aliphatic hydroxyl groups excluding tert-OH is 1. The van der Waals surface area contributed by atoms with Crippen molar-refractivity contribution in [1.82, 2.24) is 5.32 Å². The largest absolute Gasteiger partial charge is 0.396 e. The first-order valence-electron chi connectivity index (χ1n) is 8.04. The molecular weight excluding hydrogens is 276 g/mol. The molecule has 22 heavy (non-hydrogen) atoms. The number of carbonyl (C=O) groups is 1. The lowest BCUT2D eigenvalue weighted by atomic mass is 9.89. The number of hydrogen-bond acceptors (Lipinski definition) is 3. The molecule has 0 fully saturated rings. The Kier molecular flexibility index (Phi) is 7.56. The SMILES string of the molecule is Cc1ccccc1NC(=O)CC(C)NCCCC(C)(C)CO. The molecule has 0 bridgehead atoms. The maximum Gasteiger partial charge on any atom is 0.225 e. The van der Waals surface area contributed by atoms with Crippen molar-refractivity contribution in [1.29, 1.82) is 0 Å². The Bertz CT molecular complexity index is 472. The van der Waals surface area contributed by atoms with Gasteiger partial charge in [-0.15, -0.1) is 0 Å². The van der Waals surface area contributed by atoms with Gasteiger partial charge in [-0.25, -0.2) is 0 Å². The van der Waals surface area contributed by atoms with E-state index in [0.717, 1.165) is 30.6 Å². The summed E-state index contributed by atoms with van der Waals surface area (Å²) in [7, 11) is 0. The van der Waals surface area contributed by atoms with Crippen molar-refractivity contribution in [2.45, 2.75) is 53.0 Å². The van der Waals surface area contributed by atoms with Gasteiger partial charge in [0.25, 0.3) is 0 Å². The second kappa shape index (κ2) is 8.91. The molecule has 4 heteroatoms. The van der Waals surface area contributed by atoms with Crippen LogP contribution in [-0.2, 0) is 4.79 Å². The maximum atomic E-state index is 12.0. The highest BCUT2D eigenvalue weighted by Gasteiger charge is 2.16. The molecule has 0 radical (unpaired) electrons. The normalized spacial score (nSPS) is 13.0. The van der Waals surface area contributed by atoms with Crippen LogP contribution in [0.3, 0.4) is 0 Å². The molecule has 1 rings (SSSR count). The summed E-state index contributed by atoms with van der Waals surface area (Å²) in [6, 6.07) is 7.93. The van der Waals surface area contributed by atoms with E-state index in [4.69, 9.17) is 0 Å². The molecule has 1 aromatic rings. The predicted octanol–water partition coefficient (Wildman–Crippen LogP) is 3.10. The Morgan fingerprint density at radius 1 is 1.32 bits per heavy atom. The summed E-state index contributed by atoms with van der Waals surface area (Å²) in [5.41, 5.74) is 1.93. The van der Waals surface area contributed by atoms with Crippen LogP contribution in [-0.4, -0.2) is 30.2 Å². The summed E-state index contributed by atoms with van der Waals surface area (Å²) >= 11 is 0. The summed E-state index contributed by atoms with van der Waals surface area (Å²) in [5, 5.41) is 15.5. The van der Waals surface area contributed by atoms with Crippen molar-refractivity contribution in [2.24, 2.45) is 5.41 Å². The molecule has 0 saturated heterocycles. The second-order valence-corrected chi connectivity index (χ2v) is 6.85. The Balaban J connectivity index is 2.26. The Labute approximate surface area is 134 Å². The van der Waals surface area contributed by atoms with Gasteiger partial charge >= 0.3 is 0 Å². The number of aliphatic hydroxyl groups is 1. The molecule has 1 aromatic carbocycles. The predicted molar refractivity (Wildman–Crippen MR) is 92.0 cm³/mol. The monoisotopic (exact) mass is 306 g/mol. The van der Waals surface area contributed by atoms with Crippen molar-refractivity contribution in [3.63, 3.8) is 0 Å². The summed E-state index contributed by atoms with van der Waals surface area (Å²) < 4.78 is 0. The molecule has 0 aliphatic heterocycles. The molecule has 1 unspecified atom stereocenters. The molecule has 4 nitrogen and oxygen atoms in total. The minimum Gasteiger partial charge on any atom is -0.396 e. The van der Waals surface area contributed by atoms with E-state index in [1.54, 1.807) is 0 Å². The third-order valence-corrected chi connectivity index (χ3v) is 3.86. The van der Waals surface area contributed by atoms with Crippen LogP contribution >= 0.6 is 0 Å². The number of anilines is 1. The fourth-order valence-corrected chi connectivity index (χ4v) is 2.26. The molecule has 1 amide bonds. The lowest BCUT2D eigenvalue weighted by molar-refractivity contribution is -0.116. The number of para-hydroxylation sites is 1. The molecule has 0 aliphatic rings. The number of amides is 1. The highest BCUT2D eigenvalue weighted by atomic mass is 16.3. The zero-order valence-electron chi connectivity index (χ0n) is 14.3. The van der Waals surface area contributed by atoms with Crippen LogP contribution in [0.2, 0.25) is 0 Å². The Hall–Kier alpha value is -1.39. The van der Waals surface area contributed by atoms with E-state index in [9.17, 15) is 9.90 Å². The van der Waals surface area contributed by atoms with E-state index >= 15 is 0 Å². The van der Waals surface area contributed by atoms with Crippen LogP contribution in [0.25, 0.3) is 0 Å². The van der Waals surface area contributed by atoms with Crippen molar-refractivity contribution in [2.75, 3.05) is 18.5 Å². The zero-order valence-corrected chi connectivity index (χ0v) is 14.3. The first-order valence-corrected chi connectivity index (χ1v) is 8.04. The van der Waals surface area contributed by atoms with Gasteiger partial charge in [0.2, 0.25) is 5.91 Å². The molecule has 0 saturated carbocycles. The van der Waals surface area contributed by atoms with Gasteiger partial charge in [0, 0.05) is 24.8 Å². The van der Waals surface area contributed by atoms with Crippen LogP contribution in [0.1, 0.15) is 45.6 Å². The van der Waals surface area contributed by atoms with Crippen LogP contribution in [0, 0.1) is 12.3 Å². The number of nitrogens with one attached hydrogen (secondary N) is 2. The van der Waals surface area contributed by atoms with Gasteiger partial charge in [-0.2, -0.15) is 0 Å². The van der Waals surface area contributed by atoms with Crippen LogP contribution in [0.4, 0.5) is 5.69 Å². The van der Waals surface area contributed by atoms with Crippen LogP contribution in [0.5, 0.6) is 0 Å². The molecule has 0 aromatic heterocycles. The number of rotatable bonds is 9. The molecule has 0 spiro atoms. The van der Waals surface area contributed by atoms with Crippen molar-refractivity contribution in [3.05, 3.63) is 29.8 Å². The van der Waals surface area contributed by atoms with Gasteiger partial charge in [-0.1, -0.05) is 32.0 Å². The maximum absolute atomic E-state index is 12.0. The topological polar surface area (TPSA) is 61.4 Å². The summed E-state index contributed by atoms with van der Waals surface area (Å²) in [4.78, 5) is 12.0. The van der Waals surface area contributed by atoms with E-state index in [1.165, 1.54) is 0 Å². The average Bonchev–Trinajstić information content (AvgIpc) is 2.46. The van der Waals surface area contributed by atoms with Gasteiger partial charge < -0.3 is 15.7 Å². The summed E-state index contributed by atoms with van der Waals surface area (Å²) in [5.74, 6) is 0.0324. The minimum atomic E-state index is -0.0207. The van der Waals surface area contributed by atoms with Gasteiger partial charge in [0.1, 0.15) is 0 Å². The van der Waals surface area contributed by atoms with Crippen molar-refractivity contribution < 1.29 is 9.90 Å². The number of hydrogen-bond donors (Lipinski definition) is 3.